The molecule has 146 valence electrons. The normalized spacial score (nSPS) is 19.9. The van der Waals surface area contributed by atoms with Crippen molar-refractivity contribution in [1.29, 1.82) is 0 Å². The molecule has 27 heavy (non-hydrogen) atoms. The molecule has 1 fully saturated rings. The fraction of sp³-hybridized carbons (Fsp3) is 0.444. The fourth-order valence-electron chi connectivity index (χ4n) is 3.47. The van der Waals surface area contributed by atoms with Gasteiger partial charge in [0.05, 0.1) is 18.6 Å². The average Bonchev–Trinajstić information content (AvgIpc) is 3.09. The summed E-state index contributed by atoms with van der Waals surface area (Å²) in [4.78, 5) is 1.09. The summed E-state index contributed by atoms with van der Waals surface area (Å²) in [7, 11) is -1.02. The van der Waals surface area contributed by atoms with Crippen molar-refractivity contribution < 1.29 is 17.7 Å². The minimum atomic E-state index is -3.01. The fourth-order valence-corrected chi connectivity index (χ4v) is 5.48. The number of halogens is 1. The Hall–Kier alpha value is -1.84. The molecule has 0 spiro atoms. The first kappa shape index (κ1) is 19.9. The smallest absolute Gasteiger partial charge is 0.203 e. The van der Waals surface area contributed by atoms with Crippen molar-refractivity contribution >= 4 is 22.1 Å². The van der Waals surface area contributed by atoms with Crippen LogP contribution in [-0.2, 0) is 29.6 Å². The zero-order chi connectivity index (χ0) is 19.6. The number of allylic oxidation sites excluding steroid dienone is 1. The van der Waals surface area contributed by atoms with Crippen molar-refractivity contribution in [3.8, 4) is 0 Å². The lowest BCUT2D eigenvalue weighted by Gasteiger charge is -2.13. The van der Waals surface area contributed by atoms with Crippen LogP contribution in [0.1, 0.15) is 23.7 Å². The van der Waals surface area contributed by atoms with Gasteiger partial charge in [-0.25, -0.2) is 12.8 Å². The van der Waals surface area contributed by atoms with Crippen LogP contribution in [0.2, 0.25) is 0 Å². The van der Waals surface area contributed by atoms with E-state index >= 15 is 0 Å². The number of sulfone groups is 1. The Bertz CT molecular complexity index is 997. The van der Waals surface area contributed by atoms with Crippen LogP contribution in [0.25, 0.3) is 0 Å². The summed E-state index contributed by atoms with van der Waals surface area (Å²) in [6.45, 7) is 5.39. The Kier molecular flexibility index (Phi) is 5.92. The largest absolute Gasteiger partial charge is 0.315 e. The molecule has 0 radical (unpaired) electrons. The Labute approximate surface area is 163 Å². The van der Waals surface area contributed by atoms with Gasteiger partial charge >= 0.3 is 0 Å². The lowest BCUT2D eigenvalue weighted by molar-refractivity contribution is -0.917. The van der Waals surface area contributed by atoms with E-state index in [1.54, 1.807) is 16.8 Å². The van der Waals surface area contributed by atoms with E-state index in [0.29, 0.717) is 36.8 Å². The summed E-state index contributed by atoms with van der Waals surface area (Å²) in [5.41, 5.74) is 0.895. The first-order chi connectivity index (χ1) is 12.8. The molecule has 0 aliphatic carbocycles. The second-order valence-electron chi connectivity index (χ2n) is 7.06. The van der Waals surface area contributed by atoms with Gasteiger partial charge in [0, 0.05) is 18.0 Å². The number of hydrogen-bond acceptors (Lipinski definition) is 4. The molecule has 1 aliphatic rings. The second-order valence-corrected chi connectivity index (χ2v) is 9.66. The maximum atomic E-state index is 13.4. The van der Waals surface area contributed by atoms with Crippen molar-refractivity contribution in [2.24, 2.45) is 0 Å². The number of nitrogens with zero attached hydrogens (tertiary/aromatic N) is 3. The van der Waals surface area contributed by atoms with E-state index in [4.69, 9.17) is 12.2 Å². The highest BCUT2D eigenvalue weighted by molar-refractivity contribution is 7.91. The zero-order valence-electron chi connectivity index (χ0n) is 15.3. The van der Waals surface area contributed by atoms with Crippen LogP contribution in [0.15, 0.2) is 36.9 Å². The Morgan fingerprint density at radius 3 is 2.89 bits per heavy atom. The standard InChI is InChI=1S/C18H23FN4O2S2/c1-3-8-22-17(15-7-9-27(24,25)12-15)20-23(18(22)26)13-21(2)11-14-5-4-6-16(19)10-14/h3-6,10,15H,1,7-9,11-13H2,2H3/p+1/t15-/m1/s1. The van der Waals surface area contributed by atoms with E-state index in [1.807, 2.05) is 17.7 Å². The molecule has 2 aromatic rings. The molecular weight excluding hydrogens is 387 g/mol. The molecule has 1 unspecified atom stereocenters. The van der Waals surface area contributed by atoms with Gasteiger partial charge in [-0.3, -0.25) is 4.57 Å². The van der Waals surface area contributed by atoms with Crippen LogP contribution in [0.4, 0.5) is 4.39 Å². The molecule has 3 rings (SSSR count). The molecule has 0 bridgehead atoms. The predicted molar refractivity (Wildman–Crippen MR) is 104 cm³/mol. The van der Waals surface area contributed by atoms with Gasteiger partial charge in [0.25, 0.3) is 0 Å². The number of rotatable bonds is 7. The minimum Gasteiger partial charge on any atom is -0.315 e. The van der Waals surface area contributed by atoms with Crippen molar-refractivity contribution in [3.63, 3.8) is 0 Å². The van der Waals surface area contributed by atoms with E-state index in [9.17, 15) is 12.8 Å². The molecule has 0 amide bonds. The third-order valence-electron chi connectivity index (χ3n) is 4.68. The maximum absolute atomic E-state index is 13.4. The van der Waals surface area contributed by atoms with Gasteiger partial charge in [-0.15, -0.1) is 6.58 Å². The average molecular weight is 412 g/mol. The summed E-state index contributed by atoms with van der Waals surface area (Å²) in [6.07, 6.45) is 2.30. The van der Waals surface area contributed by atoms with E-state index in [2.05, 4.69) is 11.7 Å². The van der Waals surface area contributed by atoms with Gasteiger partial charge in [-0.1, -0.05) is 18.2 Å². The summed E-state index contributed by atoms with van der Waals surface area (Å²) in [5, 5.41) is 4.64. The number of benzene rings is 1. The van der Waals surface area contributed by atoms with Crippen LogP contribution < -0.4 is 4.90 Å². The van der Waals surface area contributed by atoms with Crippen molar-refractivity contribution in [1.82, 2.24) is 14.3 Å². The Morgan fingerprint density at radius 2 is 2.26 bits per heavy atom. The molecule has 1 aromatic heterocycles. The minimum absolute atomic E-state index is 0.113. The Balaban J connectivity index is 1.82. The highest BCUT2D eigenvalue weighted by Crippen LogP contribution is 2.28. The van der Waals surface area contributed by atoms with Gasteiger partial charge < -0.3 is 4.90 Å². The van der Waals surface area contributed by atoms with Gasteiger partial charge in [0.15, 0.2) is 16.5 Å². The first-order valence-corrected chi connectivity index (χ1v) is 11.1. The van der Waals surface area contributed by atoms with Gasteiger partial charge in [-0.05, 0) is 30.8 Å². The summed E-state index contributed by atoms with van der Waals surface area (Å²) >= 11 is 5.57. The number of aromatic nitrogens is 3. The van der Waals surface area contributed by atoms with Crippen LogP contribution in [-0.4, -0.2) is 41.3 Å². The van der Waals surface area contributed by atoms with Crippen LogP contribution >= 0.6 is 12.2 Å². The van der Waals surface area contributed by atoms with Crippen molar-refractivity contribution in [3.05, 3.63) is 58.9 Å². The van der Waals surface area contributed by atoms with E-state index in [0.717, 1.165) is 10.5 Å². The second kappa shape index (κ2) is 8.04. The summed E-state index contributed by atoms with van der Waals surface area (Å²) in [6, 6.07) is 6.53. The Morgan fingerprint density at radius 1 is 1.48 bits per heavy atom. The van der Waals surface area contributed by atoms with Crippen LogP contribution in [0.3, 0.4) is 0 Å². The lowest BCUT2D eigenvalue weighted by Crippen LogP contribution is -3.07. The van der Waals surface area contributed by atoms with Crippen LogP contribution in [0, 0.1) is 10.6 Å². The quantitative estimate of drug-likeness (QED) is 0.551. The first-order valence-electron chi connectivity index (χ1n) is 8.83. The third kappa shape index (κ3) is 4.72. The molecule has 1 N–H and O–H groups in total. The molecule has 2 atom stereocenters. The summed E-state index contributed by atoms with van der Waals surface area (Å²) in [5.74, 6) is 0.621. The van der Waals surface area contributed by atoms with Crippen LogP contribution in [0.5, 0.6) is 0 Å². The summed E-state index contributed by atoms with van der Waals surface area (Å²) < 4.78 is 41.2. The van der Waals surface area contributed by atoms with E-state index in [-0.39, 0.29) is 23.2 Å². The zero-order valence-corrected chi connectivity index (χ0v) is 16.9. The van der Waals surface area contributed by atoms with Crippen molar-refractivity contribution in [2.45, 2.75) is 32.1 Å². The highest BCUT2D eigenvalue weighted by Gasteiger charge is 2.33. The molecule has 1 aliphatic heterocycles. The molecule has 1 aromatic carbocycles. The molecule has 2 heterocycles. The molecule has 6 nitrogen and oxygen atoms in total. The predicted octanol–water partition coefficient (Wildman–Crippen LogP) is 1.31. The van der Waals surface area contributed by atoms with Gasteiger partial charge in [0.2, 0.25) is 4.77 Å². The lowest BCUT2D eigenvalue weighted by atomic mass is 10.1. The van der Waals surface area contributed by atoms with E-state index < -0.39 is 9.84 Å². The number of nitrogens with one attached hydrogen (secondary N) is 1. The number of hydrogen-bond donors (Lipinski definition) is 1. The molecule has 0 saturated carbocycles. The third-order valence-corrected chi connectivity index (χ3v) is 6.87. The molecular formula is C18H24FN4O2S2+. The molecule has 9 heteroatoms. The van der Waals surface area contributed by atoms with Gasteiger partial charge in [-0.2, -0.15) is 9.78 Å². The SMILES string of the molecule is C=CCn1c([C@@H]2CCS(=O)(=O)C2)nn(C[NH+](C)Cc2cccc(F)c2)c1=S. The maximum Gasteiger partial charge on any atom is 0.203 e. The van der Waals surface area contributed by atoms with Gasteiger partial charge in [0.1, 0.15) is 18.2 Å². The van der Waals surface area contributed by atoms with Crippen molar-refractivity contribution in [2.75, 3.05) is 18.6 Å². The monoisotopic (exact) mass is 411 g/mol. The molecule has 1 saturated heterocycles. The van der Waals surface area contributed by atoms with E-state index in [1.165, 1.54) is 12.1 Å². The topological polar surface area (TPSA) is 61.3 Å². The number of quaternary nitrogens is 1. The highest BCUT2D eigenvalue weighted by atomic mass is 32.2.